The molecule has 0 saturated carbocycles. The largest absolute Gasteiger partial charge is 0.395 e. The smallest absolute Gasteiger partial charge is 0.252 e. The second-order valence-corrected chi connectivity index (χ2v) is 5.95. The molecule has 1 unspecified atom stereocenters. The van der Waals surface area contributed by atoms with E-state index in [2.05, 4.69) is 29.1 Å². The van der Waals surface area contributed by atoms with Crippen LogP contribution in [0.3, 0.4) is 0 Å². The van der Waals surface area contributed by atoms with Crippen molar-refractivity contribution in [1.82, 2.24) is 10.3 Å². The number of aliphatic hydroxyl groups excluding tert-OH is 1. The van der Waals surface area contributed by atoms with Gasteiger partial charge in [-0.1, -0.05) is 18.8 Å². The van der Waals surface area contributed by atoms with E-state index in [1.165, 1.54) is 0 Å². The van der Waals surface area contributed by atoms with Gasteiger partial charge in [-0.05, 0) is 30.9 Å². The molecule has 0 fully saturated rings. The van der Waals surface area contributed by atoms with E-state index in [4.69, 9.17) is 5.11 Å². The van der Waals surface area contributed by atoms with Crippen LogP contribution in [0, 0.1) is 11.8 Å². The normalized spacial score (nSPS) is 11.4. The number of rotatable bonds is 7. The molecule has 2 N–H and O–H groups in total. The SMILES string of the molecule is CCSCCC(C)NC(=O)c1ccncc1C#CCCO. The maximum atomic E-state index is 12.3. The van der Waals surface area contributed by atoms with E-state index in [1.807, 2.05) is 18.7 Å². The summed E-state index contributed by atoms with van der Waals surface area (Å²) in [6, 6.07) is 1.80. The van der Waals surface area contributed by atoms with Crippen molar-refractivity contribution in [3.8, 4) is 11.8 Å². The zero-order chi connectivity index (χ0) is 15.5. The summed E-state index contributed by atoms with van der Waals surface area (Å²) >= 11 is 1.87. The molecule has 0 aliphatic rings. The second-order valence-electron chi connectivity index (χ2n) is 4.56. The predicted octanol–water partition coefficient (Wildman–Crippen LogP) is 2.08. The summed E-state index contributed by atoms with van der Waals surface area (Å²) in [4.78, 5) is 16.3. The molecule has 0 radical (unpaired) electrons. The van der Waals surface area contributed by atoms with Crippen LogP contribution in [0.25, 0.3) is 0 Å². The lowest BCUT2D eigenvalue weighted by Gasteiger charge is -2.14. The summed E-state index contributed by atoms with van der Waals surface area (Å²) in [5, 5.41) is 11.7. The van der Waals surface area contributed by atoms with Crippen LogP contribution in [0.4, 0.5) is 0 Å². The van der Waals surface area contributed by atoms with Gasteiger partial charge in [0.05, 0.1) is 17.7 Å². The zero-order valence-corrected chi connectivity index (χ0v) is 13.4. The Balaban J connectivity index is 2.67. The summed E-state index contributed by atoms with van der Waals surface area (Å²) in [5.74, 6) is 7.71. The van der Waals surface area contributed by atoms with Gasteiger partial charge in [0, 0.05) is 24.9 Å². The van der Waals surface area contributed by atoms with Crippen LogP contribution >= 0.6 is 11.8 Å². The molecule has 0 aromatic carbocycles. The van der Waals surface area contributed by atoms with Gasteiger partial charge in [0.2, 0.25) is 0 Å². The molecule has 0 aliphatic heterocycles. The Morgan fingerprint density at radius 3 is 3.10 bits per heavy atom. The average molecular weight is 306 g/mol. The summed E-state index contributed by atoms with van der Waals surface area (Å²) in [7, 11) is 0. The standard InChI is InChI=1S/C16H22N2O2S/c1-3-21-11-8-13(2)18-16(20)15-7-9-17-12-14(15)6-4-5-10-19/h7,9,12-13,19H,3,5,8,10-11H2,1-2H3,(H,18,20). The van der Waals surface area contributed by atoms with E-state index in [0.717, 1.165) is 17.9 Å². The van der Waals surface area contributed by atoms with Gasteiger partial charge in [-0.3, -0.25) is 9.78 Å². The number of aromatic nitrogens is 1. The maximum absolute atomic E-state index is 12.3. The quantitative estimate of drug-likeness (QED) is 0.598. The van der Waals surface area contributed by atoms with E-state index in [1.54, 1.807) is 18.5 Å². The lowest BCUT2D eigenvalue weighted by molar-refractivity contribution is 0.0939. The lowest BCUT2D eigenvalue weighted by Crippen LogP contribution is -2.33. The number of aliphatic hydroxyl groups is 1. The third kappa shape index (κ3) is 6.65. The van der Waals surface area contributed by atoms with Crippen LogP contribution in [0.15, 0.2) is 18.5 Å². The van der Waals surface area contributed by atoms with Gasteiger partial charge in [-0.15, -0.1) is 0 Å². The number of hydrogen-bond acceptors (Lipinski definition) is 4. The third-order valence-corrected chi connectivity index (χ3v) is 3.74. The highest BCUT2D eigenvalue weighted by Gasteiger charge is 2.12. The van der Waals surface area contributed by atoms with Gasteiger partial charge in [0.15, 0.2) is 0 Å². The fourth-order valence-electron chi connectivity index (χ4n) is 1.68. The Hall–Kier alpha value is -1.51. The molecule has 1 atom stereocenters. The number of carbonyl (C=O) groups excluding carboxylic acids is 1. The lowest BCUT2D eigenvalue weighted by atomic mass is 10.1. The molecule has 1 aromatic rings. The Kier molecular flexibility index (Phi) is 8.56. The first-order chi connectivity index (χ1) is 10.2. The number of hydrogen-bond donors (Lipinski definition) is 2. The van der Waals surface area contributed by atoms with Crippen molar-refractivity contribution in [3.05, 3.63) is 29.6 Å². The third-order valence-electron chi connectivity index (χ3n) is 2.80. The van der Waals surface area contributed by atoms with E-state index in [9.17, 15) is 4.79 Å². The summed E-state index contributed by atoms with van der Waals surface area (Å²) in [6.45, 7) is 4.15. The van der Waals surface area contributed by atoms with Crippen LogP contribution in [0.5, 0.6) is 0 Å². The molecule has 21 heavy (non-hydrogen) atoms. The van der Waals surface area contributed by atoms with Crippen LogP contribution in [-0.4, -0.2) is 40.2 Å². The fraction of sp³-hybridized carbons (Fsp3) is 0.500. The summed E-state index contributed by atoms with van der Waals surface area (Å²) in [5.41, 5.74) is 1.13. The molecule has 0 spiro atoms. The van der Waals surface area contributed by atoms with Crippen LogP contribution < -0.4 is 5.32 Å². The molecule has 1 amide bonds. The molecule has 0 saturated heterocycles. The minimum absolute atomic E-state index is 0.0148. The average Bonchev–Trinajstić information content (AvgIpc) is 2.48. The van der Waals surface area contributed by atoms with Gasteiger partial charge in [-0.2, -0.15) is 11.8 Å². The highest BCUT2D eigenvalue weighted by Crippen LogP contribution is 2.08. The number of nitrogens with zero attached hydrogens (tertiary/aromatic N) is 1. The van der Waals surface area contributed by atoms with Crippen molar-refractivity contribution in [2.24, 2.45) is 0 Å². The van der Waals surface area contributed by atoms with Gasteiger partial charge < -0.3 is 10.4 Å². The maximum Gasteiger partial charge on any atom is 0.252 e. The van der Waals surface area contributed by atoms with Crippen molar-refractivity contribution in [2.75, 3.05) is 18.1 Å². The zero-order valence-electron chi connectivity index (χ0n) is 12.6. The Morgan fingerprint density at radius 2 is 2.38 bits per heavy atom. The summed E-state index contributed by atoms with van der Waals surface area (Å²) < 4.78 is 0. The molecule has 1 rings (SSSR count). The Morgan fingerprint density at radius 1 is 1.57 bits per heavy atom. The molecule has 114 valence electrons. The highest BCUT2D eigenvalue weighted by molar-refractivity contribution is 7.99. The minimum Gasteiger partial charge on any atom is -0.395 e. The first-order valence-corrected chi connectivity index (χ1v) is 8.26. The predicted molar refractivity (Wildman–Crippen MR) is 87.4 cm³/mol. The molecular weight excluding hydrogens is 284 g/mol. The Labute approximate surface area is 130 Å². The highest BCUT2D eigenvalue weighted by atomic mass is 32.2. The number of amides is 1. The van der Waals surface area contributed by atoms with E-state index < -0.39 is 0 Å². The topological polar surface area (TPSA) is 62.2 Å². The first-order valence-electron chi connectivity index (χ1n) is 7.11. The van der Waals surface area contributed by atoms with Gasteiger partial charge in [-0.25, -0.2) is 0 Å². The molecule has 4 nitrogen and oxygen atoms in total. The van der Waals surface area contributed by atoms with Crippen LogP contribution in [0.1, 0.15) is 42.6 Å². The van der Waals surface area contributed by atoms with Crippen molar-refractivity contribution in [1.29, 1.82) is 0 Å². The molecule has 1 heterocycles. The number of pyridine rings is 1. The molecule has 1 aromatic heterocycles. The fourth-order valence-corrected chi connectivity index (χ4v) is 2.49. The monoisotopic (exact) mass is 306 g/mol. The van der Waals surface area contributed by atoms with E-state index >= 15 is 0 Å². The molecule has 0 bridgehead atoms. The van der Waals surface area contributed by atoms with Crippen LogP contribution in [0.2, 0.25) is 0 Å². The number of carbonyl (C=O) groups is 1. The number of nitrogens with one attached hydrogen (secondary N) is 1. The van der Waals surface area contributed by atoms with Crippen molar-refractivity contribution < 1.29 is 9.90 Å². The second kappa shape index (κ2) is 10.3. The van der Waals surface area contributed by atoms with E-state index in [-0.39, 0.29) is 18.6 Å². The molecular formula is C16H22N2O2S. The van der Waals surface area contributed by atoms with Crippen LogP contribution in [-0.2, 0) is 0 Å². The van der Waals surface area contributed by atoms with Gasteiger partial charge in [0.25, 0.3) is 5.91 Å². The van der Waals surface area contributed by atoms with Gasteiger partial charge >= 0.3 is 0 Å². The Bertz CT molecular complexity index is 508. The van der Waals surface area contributed by atoms with Crippen molar-refractivity contribution >= 4 is 17.7 Å². The molecule has 0 aliphatic carbocycles. The number of thioether (sulfide) groups is 1. The first kappa shape index (κ1) is 17.5. The minimum atomic E-state index is -0.125. The molecule has 5 heteroatoms. The summed E-state index contributed by atoms with van der Waals surface area (Å²) in [6.07, 6.45) is 4.50. The van der Waals surface area contributed by atoms with Crippen molar-refractivity contribution in [2.45, 2.75) is 32.7 Å². The van der Waals surface area contributed by atoms with Gasteiger partial charge in [0.1, 0.15) is 0 Å². The van der Waals surface area contributed by atoms with Crippen molar-refractivity contribution in [3.63, 3.8) is 0 Å². The van der Waals surface area contributed by atoms with E-state index in [0.29, 0.717) is 17.5 Å².